The van der Waals surface area contributed by atoms with Crippen molar-refractivity contribution in [2.75, 3.05) is 39.1 Å². The Balaban J connectivity index is 1.56. The first-order valence-corrected chi connectivity index (χ1v) is 12.9. The highest BCUT2D eigenvalue weighted by Gasteiger charge is 2.18. The van der Waals surface area contributed by atoms with Crippen LogP contribution in [0.15, 0.2) is 60.7 Å². The number of benzene rings is 2. The van der Waals surface area contributed by atoms with Gasteiger partial charge in [-0.25, -0.2) is 14.8 Å². The average Bonchev–Trinajstić information content (AvgIpc) is 3.30. The zero-order valence-corrected chi connectivity index (χ0v) is 22.7. The number of carbonyl (C=O) groups excluding carboxylic acids is 1. The van der Waals surface area contributed by atoms with Gasteiger partial charge >= 0.3 is 6.09 Å². The molecule has 0 aliphatic rings. The van der Waals surface area contributed by atoms with Crippen molar-refractivity contribution in [3.05, 3.63) is 77.6 Å². The van der Waals surface area contributed by atoms with Crippen LogP contribution in [0.3, 0.4) is 0 Å². The van der Waals surface area contributed by atoms with E-state index in [2.05, 4.69) is 21.4 Å². The first-order valence-electron chi connectivity index (χ1n) is 12.9. The lowest BCUT2D eigenvalue weighted by molar-refractivity contribution is -0.117. The van der Waals surface area contributed by atoms with E-state index in [1.54, 1.807) is 14.0 Å². The van der Waals surface area contributed by atoms with Crippen LogP contribution >= 0.6 is 0 Å². The van der Waals surface area contributed by atoms with Crippen LogP contribution in [0.1, 0.15) is 23.9 Å². The summed E-state index contributed by atoms with van der Waals surface area (Å²) in [5, 5.41) is 13.2. The second kappa shape index (κ2) is 13.0. The van der Waals surface area contributed by atoms with E-state index in [1.807, 2.05) is 48.5 Å². The van der Waals surface area contributed by atoms with E-state index in [1.165, 1.54) is 4.90 Å². The quantitative estimate of drug-likeness (QED) is 0.171. The maximum absolute atomic E-state index is 11.8. The number of nitrogens with two attached hydrogens (primary N) is 1. The molecule has 2 heterocycles. The van der Waals surface area contributed by atoms with Gasteiger partial charge in [0.05, 0.1) is 24.2 Å². The van der Waals surface area contributed by atoms with Crippen LogP contribution < -0.4 is 11.1 Å². The molecule has 4 N–H and O–H groups in total. The van der Waals surface area contributed by atoms with E-state index in [0.717, 1.165) is 27.5 Å². The summed E-state index contributed by atoms with van der Waals surface area (Å²) in [6, 6.07) is 15.5. The van der Waals surface area contributed by atoms with Crippen molar-refractivity contribution in [3.63, 3.8) is 0 Å². The Morgan fingerprint density at radius 1 is 1.10 bits per heavy atom. The van der Waals surface area contributed by atoms with Crippen molar-refractivity contribution in [2.45, 2.75) is 26.6 Å². The van der Waals surface area contributed by atoms with Gasteiger partial charge in [0.15, 0.2) is 5.82 Å². The van der Waals surface area contributed by atoms with Crippen LogP contribution in [0, 0.1) is 0 Å². The number of methoxy groups -OCH3 is 1. The number of pyridine rings is 1. The number of ether oxygens (including phenoxy) is 2. The maximum atomic E-state index is 11.8. The second-order valence-electron chi connectivity index (χ2n) is 9.43. The van der Waals surface area contributed by atoms with Crippen LogP contribution in [0.25, 0.3) is 21.9 Å². The zero-order valence-electron chi connectivity index (χ0n) is 22.7. The first-order chi connectivity index (χ1) is 19.3. The van der Waals surface area contributed by atoms with Gasteiger partial charge in [-0.1, -0.05) is 49.0 Å². The van der Waals surface area contributed by atoms with Crippen molar-refractivity contribution in [3.8, 4) is 0 Å². The number of fused-ring (bicyclic) bond motifs is 3. The zero-order chi connectivity index (χ0) is 28.6. The molecule has 4 rings (SSSR count). The molecule has 0 saturated carbocycles. The van der Waals surface area contributed by atoms with Crippen molar-refractivity contribution in [2.24, 2.45) is 0 Å². The third-order valence-electron chi connectivity index (χ3n) is 6.41. The molecule has 2 aromatic carbocycles. The number of nitrogen functional groups attached to an aromatic ring is 1. The third kappa shape index (κ3) is 6.74. The summed E-state index contributed by atoms with van der Waals surface area (Å²) >= 11 is 0. The van der Waals surface area contributed by atoms with Crippen molar-refractivity contribution >= 4 is 39.8 Å². The number of para-hydroxylation sites is 1. The van der Waals surface area contributed by atoms with Gasteiger partial charge in [0, 0.05) is 44.2 Å². The summed E-state index contributed by atoms with van der Waals surface area (Å²) in [4.78, 5) is 34.0. The van der Waals surface area contributed by atoms with Gasteiger partial charge < -0.3 is 35.1 Å². The molecule has 40 heavy (non-hydrogen) atoms. The van der Waals surface area contributed by atoms with E-state index >= 15 is 0 Å². The van der Waals surface area contributed by atoms with Crippen molar-refractivity contribution in [1.82, 2.24) is 24.8 Å². The van der Waals surface area contributed by atoms with Crippen LogP contribution in [-0.4, -0.2) is 70.0 Å². The highest BCUT2D eigenvalue weighted by Crippen LogP contribution is 2.29. The van der Waals surface area contributed by atoms with Crippen LogP contribution in [0.4, 0.5) is 10.6 Å². The Hall–Kier alpha value is -4.48. The lowest BCUT2D eigenvalue weighted by Crippen LogP contribution is -2.37. The molecular weight excluding hydrogens is 512 g/mol. The number of hydrogen-bond acceptors (Lipinski definition) is 7. The number of hydrogen-bond donors (Lipinski definition) is 3. The molecule has 0 bridgehead atoms. The fourth-order valence-corrected chi connectivity index (χ4v) is 4.34. The third-order valence-corrected chi connectivity index (χ3v) is 6.41. The fourth-order valence-electron chi connectivity index (χ4n) is 4.34. The summed E-state index contributed by atoms with van der Waals surface area (Å²) in [7, 11) is 1.62. The van der Waals surface area contributed by atoms with Crippen LogP contribution in [0.2, 0.25) is 0 Å². The molecule has 2 aromatic heterocycles. The molecule has 0 fully saturated rings. The Bertz CT molecular complexity index is 1520. The number of aromatic nitrogens is 3. The molecule has 0 atom stereocenters. The largest absolute Gasteiger partial charge is 0.465 e. The summed E-state index contributed by atoms with van der Waals surface area (Å²) in [5.41, 5.74) is 10.8. The monoisotopic (exact) mass is 546 g/mol. The van der Waals surface area contributed by atoms with E-state index in [-0.39, 0.29) is 32.1 Å². The summed E-state index contributed by atoms with van der Waals surface area (Å²) in [6.45, 7) is 7.42. The standard InChI is InChI=1S/C29H34N6O5/c1-19(2)28(36)31-12-13-34(29(37)38)16-20-8-10-21(11-9-20)17-35-24(18-40-15-14-39-3)33-25-26(35)22-6-4-5-7-23(22)32-27(25)30/h4-11H,1,12-18H2,2-3H3,(H2,30,32)(H,31,36)(H,37,38). The van der Waals surface area contributed by atoms with E-state index < -0.39 is 6.09 Å². The van der Waals surface area contributed by atoms with Gasteiger partial charge in [-0.3, -0.25) is 4.79 Å². The van der Waals surface area contributed by atoms with Crippen LogP contribution in [0.5, 0.6) is 0 Å². The van der Waals surface area contributed by atoms with E-state index in [9.17, 15) is 14.7 Å². The number of anilines is 1. The fraction of sp³-hybridized carbons (Fsp3) is 0.310. The molecule has 0 radical (unpaired) electrons. The minimum absolute atomic E-state index is 0.159. The number of amides is 2. The topological polar surface area (TPSA) is 145 Å². The van der Waals surface area contributed by atoms with Crippen LogP contribution in [-0.2, 0) is 34.0 Å². The Morgan fingerprint density at radius 2 is 1.82 bits per heavy atom. The predicted octanol–water partition coefficient (Wildman–Crippen LogP) is 3.55. The molecule has 0 unspecified atom stereocenters. The van der Waals surface area contributed by atoms with Crippen molar-refractivity contribution in [1.29, 1.82) is 0 Å². The number of nitrogens with zero attached hydrogens (tertiary/aromatic N) is 4. The lowest BCUT2D eigenvalue weighted by Gasteiger charge is -2.20. The summed E-state index contributed by atoms with van der Waals surface area (Å²) in [6.07, 6.45) is -1.06. The maximum Gasteiger partial charge on any atom is 0.407 e. The Kier molecular flexibility index (Phi) is 9.31. The summed E-state index contributed by atoms with van der Waals surface area (Å²) < 4.78 is 13.0. The van der Waals surface area contributed by atoms with Gasteiger partial charge in [-0.2, -0.15) is 0 Å². The molecule has 4 aromatic rings. The molecule has 11 heteroatoms. The highest BCUT2D eigenvalue weighted by molar-refractivity contribution is 6.06. The number of rotatable bonds is 13. The Morgan fingerprint density at radius 3 is 2.52 bits per heavy atom. The molecule has 0 aliphatic heterocycles. The average molecular weight is 547 g/mol. The van der Waals surface area contributed by atoms with Gasteiger partial charge in [0.1, 0.15) is 17.9 Å². The molecule has 2 amide bonds. The molecular formula is C29H34N6O5. The normalized spacial score (nSPS) is 11.2. The molecule has 0 aliphatic carbocycles. The predicted molar refractivity (Wildman–Crippen MR) is 153 cm³/mol. The minimum atomic E-state index is -1.06. The SMILES string of the molecule is C=C(C)C(=O)NCCN(Cc1ccc(Cn2c(COCCOC)nc3c(N)nc4ccccc4c32)cc1)C(=O)O. The number of carboxylic acid groups (broad SMARTS) is 1. The molecule has 0 saturated heterocycles. The Labute approximate surface area is 232 Å². The van der Waals surface area contributed by atoms with Crippen molar-refractivity contribution < 1.29 is 24.2 Å². The smallest absolute Gasteiger partial charge is 0.407 e. The lowest BCUT2D eigenvalue weighted by atomic mass is 10.1. The van der Waals surface area contributed by atoms with E-state index in [0.29, 0.717) is 42.5 Å². The van der Waals surface area contributed by atoms with Gasteiger partial charge in [-0.05, 0) is 24.1 Å². The number of nitrogens with one attached hydrogen (secondary N) is 1. The number of carbonyl (C=O) groups is 2. The van der Waals surface area contributed by atoms with Gasteiger partial charge in [0.2, 0.25) is 5.91 Å². The number of imidazole rings is 1. The van der Waals surface area contributed by atoms with Gasteiger partial charge in [-0.15, -0.1) is 0 Å². The summed E-state index contributed by atoms with van der Waals surface area (Å²) in [5.74, 6) is 0.776. The highest BCUT2D eigenvalue weighted by atomic mass is 16.5. The minimum Gasteiger partial charge on any atom is -0.465 e. The molecule has 0 spiro atoms. The van der Waals surface area contributed by atoms with Gasteiger partial charge in [0.25, 0.3) is 0 Å². The van der Waals surface area contributed by atoms with E-state index in [4.69, 9.17) is 20.2 Å². The second-order valence-corrected chi connectivity index (χ2v) is 9.43. The first kappa shape index (κ1) is 28.5. The molecule has 210 valence electrons. The molecule has 11 nitrogen and oxygen atoms in total.